The Labute approximate surface area is 191 Å². The molecule has 2 aromatic rings. The van der Waals surface area contributed by atoms with Crippen molar-refractivity contribution in [1.82, 2.24) is 4.90 Å². The number of hydrogen-bond acceptors (Lipinski definition) is 7. The van der Waals surface area contributed by atoms with Crippen LogP contribution < -0.4 is 10.1 Å². The third-order valence-corrected chi connectivity index (χ3v) is 6.13. The average molecular weight is 468 g/mol. The van der Waals surface area contributed by atoms with Gasteiger partial charge in [-0.3, -0.25) is 4.79 Å². The van der Waals surface area contributed by atoms with Gasteiger partial charge in [-0.1, -0.05) is 36.4 Å². The molecule has 0 radical (unpaired) electrons. The largest absolute Gasteiger partial charge is 0.497 e. The lowest BCUT2D eigenvalue weighted by Gasteiger charge is -2.27. The summed E-state index contributed by atoms with van der Waals surface area (Å²) in [6, 6.07) is 15.5. The quantitative estimate of drug-likeness (QED) is 0.649. The summed E-state index contributed by atoms with van der Waals surface area (Å²) in [5.74, 6) is -0.616. The Kier molecular flexibility index (Phi) is 6.27. The number of anilines is 1. The van der Waals surface area contributed by atoms with Gasteiger partial charge in [0, 0.05) is 30.1 Å². The lowest BCUT2D eigenvalue weighted by Crippen LogP contribution is -2.37. The number of amidine groups is 1. The summed E-state index contributed by atoms with van der Waals surface area (Å²) in [6.07, 6.45) is 3.11. The van der Waals surface area contributed by atoms with E-state index < -0.39 is 28.0 Å². The maximum absolute atomic E-state index is 13.1. The van der Waals surface area contributed by atoms with E-state index in [9.17, 15) is 18.0 Å². The van der Waals surface area contributed by atoms with E-state index in [1.54, 1.807) is 59.5 Å². The van der Waals surface area contributed by atoms with Crippen LogP contribution in [-0.4, -0.2) is 50.4 Å². The van der Waals surface area contributed by atoms with Gasteiger partial charge in [0.25, 0.3) is 15.9 Å². The number of fused-ring (bicyclic) bond motifs is 1. The van der Waals surface area contributed by atoms with Crippen LogP contribution in [0.2, 0.25) is 0 Å². The second-order valence-corrected chi connectivity index (χ2v) is 9.02. The molecule has 4 rings (SSSR count). The number of carbonyl (C=O) groups is 2. The lowest BCUT2D eigenvalue weighted by molar-refractivity contribution is -0.150. The van der Waals surface area contributed by atoms with Crippen LogP contribution in [0.1, 0.15) is 11.7 Å². The van der Waals surface area contributed by atoms with E-state index in [1.807, 2.05) is 0 Å². The van der Waals surface area contributed by atoms with Crippen LogP contribution in [0.5, 0.6) is 5.75 Å². The minimum Gasteiger partial charge on any atom is -0.497 e. The van der Waals surface area contributed by atoms with Crippen LogP contribution in [0.15, 0.2) is 82.9 Å². The Balaban J connectivity index is 1.55. The number of carbonyl (C=O) groups excluding carboxylic acids is 2. The van der Waals surface area contributed by atoms with Gasteiger partial charge in [0.15, 0.2) is 0 Å². The molecule has 0 aromatic heterocycles. The molecule has 0 saturated heterocycles. The monoisotopic (exact) mass is 467 g/mol. The van der Waals surface area contributed by atoms with Crippen molar-refractivity contribution in [3.63, 3.8) is 0 Å². The molecule has 10 heteroatoms. The zero-order valence-electron chi connectivity index (χ0n) is 17.7. The Morgan fingerprint density at radius 3 is 2.64 bits per heavy atom. The molecule has 1 N–H and O–H groups in total. The molecular weight excluding hydrogens is 446 g/mol. The molecule has 0 spiro atoms. The fourth-order valence-electron chi connectivity index (χ4n) is 3.31. The number of amides is 1. The molecule has 1 unspecified atom stereocenters. The molecule has 1 atom stereocenters. The third-order valence-electron chi connectivity index (χ3n) is 4.96. The van der Waals surface area contributed by atoms with Crippen molar-refractivity contribution in [2.45, 2.75) is 6.10 Å². The van der Waals surface area contributed by atoms with Crippen LogP contribution in [0.3, 0.4) is 0 Å². The highest BCUT2D eigenvalue weighted by atomic mass is 32.2. The zero-order valence-corrected chi connectivity index (χ0v) is 18.5. The summed E-state index contributed by atoms with van der Waals surface area (Å²) in [6.45, 7) is 0.167. The van der Waals surface area contributed by atoms with Crippen LogP contribution in [0, 0.1) is 0 Å². The number of benzene rings is 2. The molecule has 2 aromatic carbocycles. The molecule has 1 amide bonds. The van der Waals surface area contributed by atoms with Crippen LogP contribution in [0.25, 0.3) is 0 Å². The van der Waals surface area contributed by atoms with Gasteiger partial charge in [-0.05, 0) is 24.3 Å². The molecule has 0 fully saturated rings. The SMILES string of the molecule is COc1cccc(NC(=O)C(OC(=O)C2=CN3CCS(=O)(=O)N=C3C=C2)c2ccccc2)c1. The number of hydrogen-bond donors (Lipinski definition) is 1. The van der Waals surface area contributed by atoms with E-state index >= 15 is 0 Å². The van der Waals surface area contributed by atoms with Gasteiger partial charge in [0.1, 0.15) is 11.6 Å². The smallest absolute Gasteiger partial charge is 0.340 e. The van der Waals surface area contributed by atoms with Gasteiger partial charge in [0.2, 0.25) is 6.10 Å². The molecule has 2 heterocycles. The number of methoxy groups -OCH3 is 1. The predicted molar refractivity (Wildman–Crippen MR) is 122 cm³/mol. The highest BCUT2D eigenvalue weighted by molar-refractivity contribution is 7.90. The van der Waals surface area contributed by atoms with Crippen molar-refractivity contribution in [2.75, 3.05) is 24.7 Å². The van der Waals surface area contributed by atoms with Crippen molar-refractivity contribution in [1.29, 1.82) is 0 Å². The van der Waals surface area contributed by atoms with Crippen LogP contribution in [-0.2, 0) is 24.3 Å². The van der Waals surface area contributed by atoms with E-state index in [0.717, 1.165) is 0 Å². The van der Waals surface area contributed by atoms with Gasteiger partial charge in [-0.25, -0.2) is 13.2 Å². The van der Waals surface area contributed by atoms with Gasteiger partial charge in [-0.2, -0.15) is 0 Å². The average Bonchev–Trinajstić information content (AvgIpc) is 2.82. The molecule has 2 aliphatic heterocycles. The van der Waals surface area contributed by atoms with Crippen molar-refractivity contribution in [3.05, 3.63) is 84.1 Å². The summed E-state index contributed by atoms with van der Waals surface area (Å²) in [4.78, 5) is 27.5. The Bertz CT molecular complexity index is 1270. The summed E-state index contributed by atoms with van der Waals surface area (Å²) < 4.78 is 37.8. The number of nitrogens with one attached hydrogen (secondary N) is 1. The van der Waals surface area contributed by atoms with E-state index in [0.29, 0.717) is 17.0 Å². The van der Waals surface area contributed by atoms with E-state index in [-0.39, 0.29) is 23.7 Å². The standard InChI is InChI=1S/C23H21N3O6S/c1-31-19-9-5-8-18(14-19)24-22(27)21(16-6-3-2-4-7-16)32-23(28)17-10-11-20-25-33(29,30)13-12-26(20)15-17/h2-11,14-15,21H,12-13H2,1H3,(H,24,27). The number of nitrogens with zero attached hydrogens (tertiary/aromatic N) is 2. The first-order valence-electron chi connectivity index (χ1n) is 10.0. The molecule has 0 saturated carbocycles. The lowest BCUT2D eigenvalue weighted by atomic mass is 10.1. The van der Waals surface area contributed by atoms with Gasteiger partial charge < -0.3 is 19.7 Å². The van der Waals surface area contributed by atoms with E-state index in [1.165, 1.54) is 25.5 Å². The van der Waals surface area contributed by atoms with Gasteiger partial charge >= 0.3 is 5.97 Å². The first-order valence-corrected chi connectivity index (χ1v) is 11.7. The maximum atomic E-state index is 13.1. The highest BCUT2D eigenvalue weighted by Crippen LogP contribution is 2.25. The maximum Gasteiger partial charge on any atom is 0.340 e. The molecule has 0 aliphatic carbocycles. The van der Waals surface area contributed by atoms with Crippen LogP contribution >= 0.6 is 0 Å². The molecular formula is C23H21N3O6S. The number of ether oxygens (including phenoxy) is 2. The molecule has 170 valence electrons. The number of esters is 1. The van der Waals surface area contributed by atoms with Gasteiger partial charge in [-0.15, -0.1) is 4.40 Å². The minimum absolute atomic E-state index is 0.154. The predicted octanol–water partition coefficient (Wildman–Crippen LogP) is 2.42. The summed E-state index contributed by atoms with van der Waals surface area (Å²) in [5.41, 5.74) is 1.16. The number of sulfonamides is 1. The Morgan fingerprint density at radius 1 is 1.09 bits per heavy atom. The Morgan fingerprint density at radius 2 is 1.88 bits per heavy atom. The summed E-state index contributed by atoms with van der Waals surface area (Å²) in [5, 5.41) is 2.75. The molecule has 0 bridgehead atoms. The van der Waals surface area contributed by atoms with Crippen molar-refractivity contribution < 1.29 is 27.5 Å². The van der Waals surface area contributed by atoms with Crippen molar-refractivity contribution >= 4 is 33.4 Å². The fourth-order valence-corrected chi connectivity index (χ4v) is 4.28. The topological polar surface area (TPSA) is 114 Å². The summed E-state index contributed by atoms with van der Waals surface area (Å²) >= 11 is 0. The molecule has 33 heavy (non-hydrogen) atoms. The zero-order chi connectivity index (χ0) is 23.4. The summed E-state index contributed by atoms with van der Waals surface area (Å²) in [7, 11) is -1.98. The normalized spacial score (nSPS) is 17.2. The third kappa shape index (κ3) is 5.29. The first-order chi connectivity index (χ1) is 15.8. The van der Waals surface area contributed by atoms with Crippen molar-refractivity contribution in [2.24, 2.45) is 4.40 Å². The Hall–Kier alpha value is -3.92. The van der Waals surface area contributed by atoms with Crippen molar-refractivity contribution in [3.8, 4) is 5.75 Å². The van der Waals surface area contributed by atoms with Gasteiger partial charge in [0.05, 0.1) is 18.4 Å². The highest BCUT2D eigenvalue weighted by Gasteiger charge is 2.29. The fraction of sp³-hybridized carbons (Fsp3) is 0.174. The van der Waals surface area contributed by atoms with E-state index in [2.05, 4.69) is 9.71 Å². The number of rotatable bonds is 6. The second-order valence-electron chi connectivity index (χ2n) is 7.26. The van der Waals surface area contributed by atoms with E-state index in [4.69, 9.17) is 9.47 Å². The molecule has 9 nitrogen and oxygen atoms in total. The minimum atomic E-state index is -3.50. The first kappa shape index (κ1) is 22.3. The second kappa shape index (κ2) is 9.29. The van der Waals surface area contributed by atoms with Crippen LogP contribution in [0.4, 0.5) is 5.69 Å². The molecule has 2 aliphatic rings.